The van der Waals surface area contributed by atoms with Crippen LogP contribution >= 0.6 is 0 Å². The van der Waals surface area contributed by atoms with Crippen molar-refractivity contribution in [2.75, 3.05) is 11.5 Å². The normalized spacial score (nSPS) is 14.8. The van der Waals surface area contributed by atoms with Crippen LogP contribution in [0.4, 0.5) is 11.4 Å². The number of rotatable bonds is 4. The molecule has 0 spiro atoms. The number of hydrogen-bond acceptors (Lipinski definition) is 6. The average Bonchev–Trinajstić information content (AvgIpc) is 2.91. The van der Waals surface area contributed by atoms with E-state index in [0.29, 0.717) is 39.8 Å². The molecule has 6 heteroatoms. The molecule has 5 aromatic rings. The van der Waals surface area contributed by atoms with Gasteiger partial charge in [-0.05, 0) is 71.6 Å². The molecular formula is C30H22N4O2. The summed E-state index contributed by atoms with van der Waals surface area (Å²) in [5.41, 5.74) is 16.5. The Morgan fingerprint density at radius 2 is 1.39 bits per heavy atom. The summed E-state index contributed by atoms with van der Waals surface area (Å²) in [4.78, 5) is 22.9. The zero-order valence-corrected chi connectivity index (χ0v) is 19.3. The number of carbonyl (C=O) groups excluding carboxylic acids is 1. The van der Waals surface area contributed by atoms with Crippen molar-refractivity contribution in [2.24, 2.45) is 4.99 Å². The number of nitrogens with two attached hydrogens (primary N) is 2. The molecule has 6 nitrogen and oxygen atoms in total. The second-order valence-electron chi connectivity index (χ2n) is 8.64. The molecule has 0 radical (unpaired) electrons. The summed E-state index contributed by atoms with van der Waals surface area (Å²) in [5, 5.41) is 1.87. The highest BCUT2D eigenvalue weighted by Crippen LogP contribution is 2.36. The fraction of sp³-hybridized carbons (Fsp3) is 0.0333. The number of pyridine rings is 1. The molecule has 1 aromatic heterocycles. The van der Waals surface area contributed by atoms with Crippen LogP contribution in [0, 0.1) is 0 Å². The summed E-state index contributed by atoms with van der Waals surface area (Å²) in [6.07, 6.45) is 1.69. The molecule has 1 aliphatic rings. The Morgan fingerprint density at radius 1 is 0.694 bits per heavy atom. The van der Waals surface area contributed by atoms with Crippen molar-refractivity contribution in [1.29, 1.82) is 0 Å². The number of aliphatic imine (C=N–C) groups is 1. The first-order valence-corrected chi connectivity index (χ1v) is 11.6. The van der Waals surface area contributed by atoms with Crippen LogP contribution < -0.4 is 16.2 Å². The maximum atomic E-state index is 13.4. The number of nitrogen functional groups attached to an aromatic ring is 2. The van der Waals surface area contributed by atoms with Crippen molar-refractivity contribution < 1.29 is 9.53 Å². The van der Waals surface area contributed by atoms with Gasteiger partial charge in [-0.2, -0.15) is 0 Å². The van der Waals surface area contributed by atoms with Gasteiger partial charge in [0, 0.05) is 34.1 Å². The third-order valence-corrected chi connectivity index (χ3v) is 6.30. The molecule has 1 aliphatic heterocycles. The molecule has 36 heavy (non-hydrogen) atoms. The lowest BCUT2D eigenvalue weighted by Gasteiger charge is -2.23. The fourth-order valence-corrected chi connectivity index (χ4v) is 4.52. The number of nitrogens with zero attached hydrogens (tertiary/aromatic N) is 2. The van der Waals surface area contributed by atoms with E-state index in [1.807, 2.05) is 66.7 Å². The number of ketones is 1. The third-order valence-electron chi connectivity index (χ3n) is 6.30. The summed E-state index contributed by atoms with van der Waals surface area (Å²) in [6.45, 7) is 0. The van der Waals surface area contributed by atoms with E-state index in [0.717, 1.165) is 21.9 Å². The molecule has 1 unspecified atom stereocenters. The van der Waals surface area contributed by atoms with E-state index in [2.05, 4.69) is 4.98 Å². The van der Waals surface area contributed by atoms with Crippen molar-refractivity contribution in [2.45, 2.75) is 6.04 Å². The zero-order chi connectivity index (χ0) is 24.6. The molecule has 4 aromatic carbocycles. The van der Waals surface area contributed by atoms with Gasteiger partial charge in [-0.25, -0.2) is 0 Å². The van der Waals surface area contributed by atoms with Crippen LogP contribution in [0.25, 0.3) is 10.8 Å². The molecule has 0 bridgehead atoms. The Balaban J connectivity index is 1.51. The van der Waals surface area contributed by atoms with Crippen molar-refractivity contribution in [3.63, 3.8) is 0 Å². The highest BCUT2D eigenvalue weighted by atomic mass is 16.5. The minimum Gasteiger partial charge on any atom is -0.457 e. The Bertz CT molecular complexity index is 1640. The number of aromatic nitrogens is 1. The molecule has 0 amide bonds. The fourth-order valence-electron chi connectivity index (χ4n) is 4.52. The Morgan fingerprint density at radius 3 is 2.14 bits per heavy atom. The molecule has 2 heterocycles. The number of Topliss-reactive ketones (excluding diaryl/α,β-unsaturated/α-hetero) is 1. The lowest BCUT2D eigenvalue weighted by atomic mass is 9.88. The lowest BCUT2D eigenvalue weighted by Crippen LogP contribution is -2.24. The van der Waals surface area contributed by atoms with Gasteiger partial charge in [0.2, 0.25) is 0 Å². The van der Waals surface area contributed by atoms with Crippen molar-refractivity contribution >= 4 is 33.6 Å². The minimum atomic E-state index is -0.679. The van der Waals surface area contributed by atoms with Gasteiger partial charge < -0.3 is 16.2 Å². The molecule has 0 saturated carbocycles. The maximum Gasteiger partial charge on any atom is 0.194 e. The number of fused-ring (bicyclic) bond motifs is 2. The van der Waals surface area contributed by atoms with Gasteiger partial charge in [-0.3, -0.25) is 14.8 Å². The molecule has 6 rings (SSSR count). The van der Waals surface area contributed by atoms with Crippen LogP contribution in [0.2, 0.25) is 0 Å². The second kappa shape index (κ2) is 8.67. The second-order valence-corrected chi connectivity index (χ2v) is 8.64. The largest absolute Gasteiger partial charge is 0.457 e. The van der Waals surface area contributed by atoms with Crippen molar-refractivity contribution in [1.82, 2.24) is 4.98 Å². The Hall–Kier alpha value is -4.97. The first-order valence-electron chi connectivity index (χ1n) is 11.6. The van der Waals surface area contributed by atoms with Crippen LogP contribution in [0.15, 0.2) is 108 Å². The Kier molecular flexibility index (Phi) is 5.19. The highest BCUT2D eigenvalue weighted by molar-refractivity contribution is 6.25. The van der Waals surface area contributed by atoms with Crippen LogP contribution in [0.5, 0.6) is 11.5 Å². The van der Waals surface area contributed by atoms with Crippen molar-refractivity contribution in [3.8, 4) is 11.5 Å². The number of benzene rings is 4. The van der Waals surface area contributed by atoms with Crippen LogP contribution in [-0.4, -0.2) is 16.5 Å². The van der Waals surface area contributed by atoms with Crippen LogP contribution in [0.1, 0.15) is 33.2 Å². The smallest absolute Gasteiger partial charge is 0.194 e. The van der Waals surface area contributed by atoms with Gasteiger partial charge in [0.15, 0.2) is 5.78 Å². The summed E-state index contributed by atoms with van der Waals surface area (Å²) >= 11 is 0. The van der Waals surface area contributed by atoms with Crippen molar-refractivity contribution in [3.05, 3.63) is 126 Å². The van der Waals surface area contributed by atoms with Gasteiger partial charge in [-0.15, -0.1) is 0 Å². The molecule has 0 saturated heterocycles. The highest BCUT2D eigenvalue weighted by Gasteiger charge is 2.32. The minimum absolute atomic E-state index is 0.0840. The maximum absolute atomic E-state index is 13.4. The number of ether oxygens (including phenoxy) is 1. The monoisotopic (exact) mass is 470 g/mol. The first kappa shape index (κ1) is 21.6. The van der Waals surface area contributed by atoms with E-state index < -0.39 is 6.04 Å². The van der Waals surface area contributed by atoms with E-state index >= 15 is 0 Å². The van der Waals surface area contributed by atoms with Gasteiger partial charge in [0.25, 0.3) is 0 Å². The zero-order valence-electron chi connectivity index (χ0n) is 19.3. The van der Waals surface area contributed by atoms with E-state index in [-0.39, 0.29) is 5.78 Å². The third kappa shape index (κ3) is 3.75. The SMILES string of the molecule is Nc1ccc(Oc2ccc(C3=NC(c4ccc(N)cc4)C(=O)c4cccnc43)c3ccccc23)cc1. The number of carbonyl (C=O) groups is 1. The summed E-state index contributed by atoms with van der Waals surface area (Å²) in [6, 6.07) is 29.4. The molecule has 0 aliphatic carbocycles. The van der Waals surface area contributed by atoms with Crippen LogP contribution in [0.3, 0.4) is 0 Å². The predicted octanol–water partition coefficient (Wildman–Crippen LogP) is 5.97. The number of anilines is 2. The summed E-state index contributed by atoms with van der Waals surface area (Å²) in [5.74, 6) is 1.32. The van der Waals surface area contributed by atoms with E-state index in [1.165, 1.54) is 0 Å². The number of hydrogen-bond donors (Lipinski definition) is 2. The molecule has 1 atom stereocenters. The van der Waals surface area contributed by atoms with Crippen LogP contribution in [-0.2, 0) is 0 Å². The van der Waals surface area contributed by atoms with E-state index in [9.17, 15) is 4.79 Å². The first-order chi connectivity index (χ1) is 17.6. The predicted molar refractivity (Wildman–Crippen MR) is 143 cm³/mol. The van der Waals surface area contributed by atoms with E-state index in [4.69, 9.17) is 21.2 Å². The van der Waals surface area contributed by atoms with E-state index in [1.54, 1.807) is 36.5 Å². The summed E-state index contributed by atoms with van der Waals surface area (Å²) in [7, 11) is 0. The molecule has 4 N–H and O–H groups in total. The lowest BCUT2D eigenvalue weighted by molar-refractivity contribution is 0.0959. The van der Waals surface area contributed by atoms with Gasteiger partial charge in [0.05, 0.1) is 11.4 Å². The topological polar surface area (TPSA) is 104 Å². The summed E-state index contributed by atoms with van der Waals surface area (Å²) < 4.78 is 6.20. The van der Waals surface area contributed by atoms with Gasteiger partial charge in [-0.1, -0.05) is 36.4 Å². The van der Waals surface area contributed by atoms with Gasteiger partial charge >= 0.3 is 0 Å². The average molecular weight is 471 g/mol. The molecule has 174 valence electrons. The quantitative estimate of drug-likeness (QED) is 0.315. The standard InChI is InChI=1S/C30H22N4O2/c31-19-9-7-18(8-10-19)27-30(35)25-6-3-17-33-28(25)29(34-27)24-15-16-26(23-5-2-1-4-22(23)24)36-21-13-11-20(32)12-14-21/h1-17,27H,31-32H2. The Labute approximate surface area is 207 Å². The molecular weight excluding hydrogens is 448 g/mol. The molecule has 0 fully saturated rings. The van der Waals surface area contributed by atoms with Gasteiger partial charge in [0.1, 0.15) is 17.5 Å².